The lowest BCUT2D eigenvalue weighted by Gasteiger charge is -2.34. The summed E-state index contributed by atoms with van der Waals surface area (Å²) in [5.74, 6) is -0.394. The third-order valence-electron chi connectivity index (χ3n) is 4.08. The van der Waals surface area contributed by atoms with Gasteiger partial charge in [-0.25, -0.2) is 0 Å². The fourth-order valence-corrected chi connectivity index (χ4v) is 3.29. The lowest BCUT2D eigenvalue weighted by atomic mass is 9.84. The van der Waals surface area contributed by atoms with Crippen molar-refractivity contribution in [2.75, 3.05) is 0 Å². The van der Waals surface area contributed by atoms with Crippen LogP contribution in [0.2, 0.25) is 0 Å². The number of nitrogens with zero attached hydrogens (tertiary/aromatic N) is 1. The highest BCUT2D eigenvalue weighted by atomic mass is 16.2. The molecule has 19 heavy (non-hydrogen) atoms. The van der Waals surface area contributed by atoms with Gasteiger partial charge >= 0.3 is 0 Å². The van der Waals surface area contributed by atoms with Crippen molar-refractivity contribution >= 4 is 11.8 Å². The summed E-state index contributed by atoms with van der Waals surface area (Å²) in [6.45, 7) is 6.27. The van der Waals surface area contributed by atoms with Crippen molar-refractivity contribution in [1.29, 1.82) is 0 Å². The number of rotatable bonds is 1. The number of carbonyl (C=O) groups excluding carboxylic acids is 2. The van der Waals surface area contributed by atoms with Crippen molar-refractivity contribution < 1.29 is 9.59 Å². The Bertz CT molecular complexity index is 595. The van der Waals surface area contributed by atoms with Crippen molar-refractivity contribution in [1.82, 2.24) is 4.90 Å². The highest BCUT2D eigenvalue weighted by molar-refractivity contribution is 6.13. The Morgan fingerprint density at radius 3 is 2.42 bits per heavy atom. The molecule has 0 N–H and O–H groups in total. The van der Waals surface area contributed by atoms with Crippen molar-refractivity contribution in [3.05, 3.63) is 47.0 Å². The van der Waals surface area contributed by atoms with Crippen LogP contribution in [0.1, 0.15) is 36.6 Å². The van der Waals surface area contributed by atoms with E-state index in [0.29, 0.717) is 0 Å². The van der Waals surface area contributed by atoms with Gasteiger partial charge in [0.15, 0.2) is 0 Å². The zero-order valence-corrected chi connectivity index (χ0v) is 11.4. The maximum Gasteiger partial charge on any atom is 0.254 e. The third-order valence-corrected chi connectivity index (χ3v) is 4.08. The minimum atomic E-state index is -0.197. The normalized spacial score (nSPS) is 24.2. The monoisotopic (exact) mass is 255 g/mol. The van der Waals surface area contributed by atoms with Crippen LogP contribution < -0.4 is 0 Å². The standard InChI is InChI=1S/C16H17NO2/c1-10-4-5-11-9-16(2,3)15(12(11)8-10)17-13(18)6-7-14(17)19/h4-8,15H,9H2,1-3H3/t15-/m1/s1. The summed E-state index contributed by atoms with van der Waals surface area (Å²) in [7, 11) is 0. The number of imide groups is 1. The average molecular weight is 255 g/mol. The second-order valence-electron chi connectivity index (χ2n) is 6.15. The molecule has 1 aliphatic heterocycles. The summed E-state index contributed by atoms with van der Waals surface area (Å²) in [4.78, 5) is 25.4. The SMILES string of the molecule is Cc1ccc2c(c1)[C@@H](N1C(=O)C=CC1=O)C(C)(C)C2. The van der Waals surface area contributed by atoms with Crippen LogP contribution in [0.3, 0.4) is 0 Å². The third kappa shape index (κ3) is 1.72. The maximum atomic E-state index is 12.0. The Morgan fingerprint density at radius 1 is 1.16 bits per heavy atom. The first-order valence-corrected chi connectivity index (χ1v) is 6.55. The molecule has 2 amide bonds. The van der Waals surface area contributed by atoms with Gasteiger partial charge in [-0.1, -0.05) is 37.6 Å². The molecule has 0 spiro atoms. The Hall–Kier alpha value is -1.90. The van der Waals surface area contributed by atoms with Gasteiger partial charge in [0, 0.05) is 12.2 Å². The van der Waals surface area contributed by atoms with Gasteiger partial charge in [0.1, 0.15) is 0 Å². The molecule has 2 aliphatic rings. The van der Waals surface area contributed by atoms with E-state index in [4.69, 9.17) is 0 Å². The predicted molar refractivity (Wildman–Crippen MR) is 72.4 cm³/mol. The molecule has 0 bridgehead atoms. The zero-order chi connectivity index (χ0) is 13.8. The van der Waals surface area contributed by atoms with E-state index < -0.39 is 0 Å². The Morgan fingerprint density at radius 2 is 1.79 bits per heavy atom. The number of fused-ring (bicyclic) bond motifs is 1. The maximum absolute atomic E-state index is 12.0. The molecule has 1 heterocycles. The molecule has 1 atom stereocenters. The van der Waals surface area contributed by atoms with E-state index in [9.17, 15) is 9.59 Å². The van der Waals surface area contributed by atoms with Gasteiger partial charge in [-0.2, -0.15) is 0 Å². The Labute approximate surface area is 112 Å². The first-order chi connectivity index (χ1) is 8.90. The number of hydrogen-bond acceptors (Lipinski definition) is 2. The highest BCUT2D eigenvalue weighted by Gasteiger charge is 2.46. The van der Waals surface area contributed by atoms with Gasteiger partial charge in [0.2, 0.25) is 0 Å². The van der Waals surface area contributed by atoms with Crippen molar-refractivity contribution in [2.45, 2.75) is 33.2 Å². The molecule has 0 saturated carbocycles. The molecular weight excluding hydrogens is 238 g/mol. The number of hydrogen-bond donors (Lipinski definition) is 0. The molecule has 98 valence electrons. The van der Waals surface area contributed by atoms with E-state index in [2.05, 4.69) is 32.0 Å². The number of carbonyl (C=O) groups is 2. The van der Waals surface area contributed by atoms with Crippen LogP contribution in [0, 0.1) is 12.3 Å². The summed E-state index contributed by atoms with van der Waals surface area (Å²) in [6.07, 6.45) is 3.63. The topological polar surface area (TPSA) is 37.4 Å². The summed E-state index contributed by atoms with van der Waals surface area (Å²) in [6, 6.07) is 6.15. The predicted octanol–water partition coefficient (Wildman–Crippen LogP) is 2.54. The van der Waals surface area contributed by atoms with E-state index in [1.165, 1.54) is 22.6 Å². The van der Waals surface area contributed by atoms with Crippen LogP contribution in [-0.4, -0.2) is 16.7 Å². The first-order valence-electron chi connectivity index (χ1n) is 6.55. The van der Waals surface area contributed by atoms with Crippen molar-refractivity contribution in [2.24, 2.45) is 5.41 Å². The van der Waals surface area contributed by atoms with Crippen LogP contribution in [0.25, 0.3) is 0 Å². The molecule has 3 heteroatoms. The summed E-state index contributed by atoms with van der Waals surface area (Å²) < 4.78 is 0. The number of amides is 2. The lowest BCUT2D eigenvalue weighted by Crippen LogP contribution is -2.40. The molecule has 1 aliphatic carbocycles. The number of aryl methyl sites for hydroxylation is 1. The Balaban J connectivity index is 2.12. The molecule has 1 aromatic rings. The largest absolute Gasteiger partial charge is 0.269 e. The second kappa shape index (κ2) is 3.80. The van der Waals surface area contributed by atoms with E-state index >= 15 is 0 Å². The summed E-state index contributed by atoms with van der Waals surface area (Å²) in [5.41, 5.74) is 3.41. The molecule has 0 saturated heterocycles. The average Bonchev–Trinajstić information content (AvgIpc) is 2.76. The summed E-state index contributed by atoms with van der Waals surface area (Å²) >= 11 is 0. The minimum absolute atomic E-state index is 0.118. The highest BCUT2D eigenvalue weighted by Crippen LogP contribution is 2.49. The minimum Gasteiger partial charge on any atom is -0.269 e. The molecule has 1 aromatic carbocycles. The van der Waals surface area contributed by atoms with E-state index in [0.717, 1.165) is 17.5 Å². The molecule has 0 aromatic heterocycles. The number of benzene rings is 1. The van der Waals surface area contributed by atoms with Gasteiger partial charge in [0.05, 0.1) is 6.04 Å². The zero-order valence-electron chi connectivity index (χ0n) is 11.4. The van der Waals surface area contributed by atoms with E-state index in [1.54, 1.807) is 0 Å². The van der Waals surface area contributed by atoms with Gasteiger partial charge < -0.3 is 0 Å². The van der Waals surface area contributed by atoms with Crippen LogP contribution in [0.5, 0.6) is 0 Å². The fourth-order valence-electron chi connectivity index (χ4n) is 3.29. The molecule has 0 fully saturated rings. The van der Waals surface area contributed by atoms with Crippen LogP contribution >= 0.6 is 0 Å². The van der Waals surface area contributed by atoms with Crippen LogP contribution in [0.4, 0.5) is 0 Å². The van der Waals surface area contributed by atoms with Crippen molar-refractivity contribution in [3.63, 3.8) is 0 Å². The van der Waals surface area contributed by atoms with Gasteiger partial charge in [-0.15, -0.1) is 0 Å². The first kappa shape index (κ1) is 12.2. The van der Waals surface area contributed by atoms with Crippen molar-refractivity contribution in [3.8, 4) is 0 Å². The molecule has 0 radical (unpaired) electrons. The van der Waals surface area contributed by atoms with Gasteiger partial charge in [-0.05, 0) is 29.9 Å². The van der Waals surface area contributed by atoms with Crippen LogP contribution in [-0.2, 0) is 16.0 Å². The van der Waals surface area contributed by atoms with E-state index in [1.807, 2.05) is 6.92 Å². The summed E-state index contributed by atoms with van der Waals surface area (Å²) in [5, 5.41) is 0. The van der Waals surface area contributed by atoms with Gasteiger partial charge in [-0.3, -0.25) is 14.5 Å². The molecule has 3 rings (SSSR count). The Kier molecular flexibility index (Phi) is 2.43. The van der Waals surface area contributed by atoms with Crippen LogP contribution in [0.15, 0.2) is 30.4 Å². The van der Waals surface area contributed by atoms with E-state index in [-0.39, 0.29) is 23.3 Å². The molecule has 0 unspecified atom stereocenters. The molecule has 3 nitrogen and oxygen atoms in total. The quantitative estimate of drug-likeness (QED) is 0.723. The fraction of sp³-hybridized carbons (Fsp3) is 0.375. The second-order valence-corrected chi connectivity index (χ2v) is 6.15. The lowest BCUT2D eigenvalue weighted by molar-refractivity contribution is -0.142. The van der Waals surface area contributed by atoms with Gasteiger partial charge in [0.25, 0.3) is 11.8 Å². The molecular formula is C16H17NO2. The smallest absolute Gasteiger partial charge is 0.254 e.